The Bertz CT molecular complexity index is 1380. The number of ether oxygens (including phenoxy) is 1. The van der Waals surface area contributed by atoms with Gasteiger partial charge in [-0.05, 0) is 81.6 Å². The number of hydrogen-bond donors (Lipinski definition) is 1. The van der Waals surface area contributed by atoms with Crippen LogP contribution in [-0.2, 0) is 26.2 Å². The van der Waals surface area contributed by atoms with Crippen molar-refractivity contribution in [1.82, 2.24) is 10.2 Å². The summed E-state index contributed by atoms with van der Waals surface area (Å²) in [6.45, 7) is 9.51. The normalized spacial score (nSPS) is 12.1. The van der Waals surface area contributed by atoms with Crippen molar-refractivity contribution in [3.63, 3.8) is 0 Å². The van der Waals surface area contributed by atoms with Gasteiger partial charge in [0.05, 0.1) is 17.2 Å². The van der Waals surface area contributed by atoms with Gasteiger partial charge < -0.3 is 15.0 Å². The average Bonchev–Trinajstić information content (AvgIpc) is 2.93. The molecule has 0 heterocycles. The number of carbonyl (C=O) groups excluding carboxylic acids is 2. The fraction of sp³-hybridized carbons (Fsp3) is 0.355. The van der Waals surface area contributed by atoms with E-state index in [9.17, 15) is 18.0 Å². The number of amides is 2. The fourth-order valence-corrected chi connectivity index (χ4v) is 5.83. The molecule has 0 unspecified atom stereocenters. The molecule has 0 saturated heterocycles. The molecule has 0 aliphatic carbocycles. The van der Waals surface area contributed by atoms with Gasteiger partial charge in [-0.15, -0.1) is 0 Å². The van der Waals surface area contributed by atoms with E-state index < -0.39 is 28.5 Å². The molecule has 3 aromatic rings. The Morgan fingerprint density at radius 2 is 1.52 bits per heavy atom. The minimum atomic E-state index is -4.12. The van der Waals surface area contributed by atoms with Gasteiger partial charge in [0.25, 0.3) is 10.0 Å². The number of benzene rings is 3. The van der Waals surface area contributed by atoms with Crippen LogP contribution >= 0.6 is 0 Å². The van der Waals surface area contributed by atoms with Gasteiger partial charge in [0.1, 0.15) is 18.3 Å². The third kappa shape index (κ3) is 7.63. The second-order valence-corrected chi connectivity index (χ2v) is 11.6. The van der Waals surface area contributed by atoms with Crippen LogP contribution in [0.1, 0.15) is 45.2 Å². The van der Waals surface area contributed by atoms with Gasteiger partial charge in [0, 0.05) is 12.6 Å². The van der Waals surface area contributed by atoms with Crippen molar-refractivity contribution >= 4 is 27.5 Å². The Morgan fingerprint density at radius 3 is 2.10 bits per heavy atom. The van der Waals surface area contributed by atoms with Crippen molar-refractivity contribution in [1.29, 1.82) is 0 Å². The molecule has 3 rings (SSSR count). The van der Waals surface area contributed by atoms with Crippen LogP contribution in [0.2, 0.25) is 0 Å². The summed E-state index contributed by atoms with van der Waals surface area (Å²) < 4.78 is 34.4. The number of hydrogen-bond acceptors (Lipinski definition) is 5. The molecule has 9 heteroatoms. The van der Waals surface area contributed by atoms with Crippen LogP contribution in [-0.4, -0.2) is 50.4 Å². The minimum Gasteiger partial charge on any atom is -0.494 e. The van der Waals surface area contributed by atoms with Crippen LogP contribution < -0.4 is 14.4 Å². The van der Waals surface area contributed by atoms with Crippen LogP contribution in [0, 0.1) is 6.92 Å². The summed E-state index contributed by atoms with van der Waals surface area (Å²) in [7, 11) is -4.12. The van der Waals surface area contributed by atoms with Crippen LogP contribution in [0.25, 0.3) is 0 Å². The van der Waals surface area contributed by atoms with E-state index in [0.717, 1.165) is 15.4 Å². The van der Waals surface area contributed by atoms with Gasteiger partial charge in [-0.25, -0.2) is 8.42 Å². The van der Waals surface area contributed by atoms with Crippen molar-refractivity contribution in [2.45, 2.75) is 64.6 Å². The zero-order valence-electron chi connectivity index (χ0n) is 23.8. The topological polar surface area (TPSA) is 96.0 Å². The molecule has 214 valence electrons. The molecular weight excluding hydrogens is 526 g/mol. The maximum absolute atomic E-state index is 14.1. The molecule has 0 radical (unpaired) electrons. The predicted molar refractivity (Wildman–Crippen MR) is 158 cm³/mol. The van der Waals surface area contributed by atoms with Crippen LogP contribution in [0.3, 0.4) is 0 Å². The van der Waals surface area contributed by atoms with E-state index in [0.29, 0.717) is 24.5 Å². The molecule has 1 atom stereocenters. The highest BCUT2D eigenvalue weighted by atomic mass is 32.2. The number of nitrogens with one attached hydrogen (secondary N) is 1. The summed E-state index contributed by atoms with van der Waals surface area (Å²) in [6.07, 6.45) is 0.366. The van der Waals surface area contributed by atoms with E-state index in [1.165, 1.54) is 17.0 Å². The lowest BCUT2D eigenvalue weighted by Crippen LogP contribution is -2.53. The quantitative estimate of drug-likeness (QED) is 0.317. The summed E-state index contributed by atoms with van der Waals surface area (Å²) in [6, 6.07) is 21.3. The van der Waals surface area contributed by atoms with Crippen molar-refractivity contribution in [3.8, 4) is 5.75 Å². The number of sulfonamides is 1. The van der Waals surface area contributed by atoms with Gasteiger partial charge in [-0.1, -0.05) is 49.4 Å². The van der Waals surface area contributed by atoms with Crippen LogP contribution in [0.5, 0.6) is 5.75 Å². The highest BCUT2D eigenvalue weighted by Gasteiger charge is 2.34. The SMILES string of the molecule is CCOc1ccc(N(CC(=O)N(Cc2ccccc2C)[C@@H](CC)C(=O)NC(C)C)S(=O)(=O)c2ccccc2)cc1. The average molecular weight is 566 g/mol. The Balaban J connectivity index is 2.06. The lowest BCUT2D eigenvalue weighted by molar-refractivity contribution is -0.140. The molecular formula is C31H39N3O5S. The Labute approximate surface area is 238 Å². The number of carbonyl (C=O) groups is 2. The summed E-state index contributed by atoms with van der Waals surface area (Å²) in [5, 5.41) is 2.91. The standard InChI is InChI=1S/C31H39N3O5S/c1-6-29(31(36)32-23(3)4)33(21-25-14-12-11-13-24(25)5)30(35)22-34(26-17-19-27(20-18-26)39-7-2)40(37,38)28-15-9-8-10-16-28/h8-20,23,29H,6-7,21-22H2,1-5H3,(H,32,36)/t29-/m0/s1. The number of rotatable bonds is 13. The lowest BCUT2D eigenvalue weighted by atomic mass is 10.1. The van der Waals surface area contributed by atoms with E-state index in [1.807, 2.05) is 58.9 Å². The van der Waals surface area contributed by atoms with Gasteiger partial charge in [-0.2, -0.15) is 0 Å². The Hall–Kier alpha value is -3.85. The van der Waals surface area contributed by atoms with Crippen molar-refractivity contribution < 1.29 is 22.7 Å². The first-order valence-electron chi connectivity index (χ1n) is 13.5. The Morgan fingerprint density at radius 1 is 0.900 bits per heavy atom. The predicted octanol–water partition coefficient (Wildman–Crippen LogP) is 4.92. The van der Waals surface area contributed by atoms with Gasteiger partial charge in [-0.3, -0.25) is 13.9 Å². The molecule has 0 spiro atoms. The van der Waals surface area contributed by atoms with Gasteiger partial charge >= 0.3 is 0 Å². The first-order chi connectivity index (χ1) is 19.1. The molecule has 0 bridgehead atoms. The monoisotopic (exact) mass is 565 g/mol. The summed E-state index contributed by atoms with van der Waals surface area (Å²) in [5.74, 6) is -0.174. The number of nitrogens with zero attached hydrogens (tertiary/aromatic N) is 2. The fourth-order valence-electron chi connectivity index (χ4n) is 4.39. The zero-order chi connectivity index (χ0) is 29.3. The zero-order valence-corrected chi connectivity index (χ0v) is 24.6. The molecule has 0 saturated carbocycles. The summed E-state index contributed by atoms with van der Waals surface area (Å²) >= 11 is 0. The first-order valence-corrected chi connectivity index (χ1v) is 15.0. The van der Waals surface area contributed by atoms with E-state index in [4.69, 9.17) is 4.74 Å². The molecule has 8 nitrogen and oxygen atoms in total. The van der Waals surface area contributed by atoms with Crippen molar-refractivity contribution in [2.24, 2.45) is 0 Å². The van der Waals surface area contributed by atoms with Crippen LogP contribution in [0.15, 0.2) is 83.8 Å². The molecule has 3 aromatic carbocycles. The van der Waals surface area contributed by atoms with Crippen molar-refractivity contribution in [3.05, 3.63) is 90.0 Å². The second-order valence-electron chi connectivity index (χ2n) is 9.79. The smallest absolute Gasteiger partial charge is 0.264 e. The minimum absolute atomic E-state index is 0.0618. The lowest BCUT2D eigenvalue weighted by Gasteiger charge is -2.34. The maximum atomic E-state index is 14.1. The van der Waals surface area contributed by atoms with Crippen molar-refractivity contribution in [2.75, 3.05) is 17.5 Å². The molecule has 2 amide bonds. The maximum Gasteiger partial charge on any atom is 0.264 e. The first kappa shape index (κ1) is 30.7. The third-order valence-electron chi connectivity index (χ3n) is 6.46. The molecule has 40 heavy (non-hydrogen) atoms. The highest BCUT2D eigenvalue weighted by molar-refractivity contribution is 7.92. The largest absolute Gasteiger partial charge is 0.494 e. The van der Waals surface area contributed by atoms with Gasteiger partial charge in [0.2, 0.25) is 11.8 Å². The Kier molecular flexibility index (Phi) is 10.7. The molecule has 0 aliphatic rings. The van der Waals surface area contributed by atoms with E-state index in [2.05, 4.69) is 5.32 Å². The molecule has 0 fully saturated rings. The second kappa shape index (κ2) is 14.0. The highest BCUT2D eigenvalue weighted by Crippen LogP contribution is 2.27. The molecule has 0 aromatic heterocycles. The summed E-state index contributed by atoms with van der Waals surface area (Å²) in [4.78, 5) is 28.9. The number of anilines is 1. The van der Waals surface area contributed by atoms with Crippen LogP contribution in [0.4, 0.5) is 5.69 Å². The van der Waals surface area contributed by atoms with E-state index in [1.54, 1.807) is 42.5 Å². The molecule has 1 N–H and O–H groups in total. The van der Waals surface area contributed by atoms with Gasteiger partial charge in [0.15, 0.2) is 0 Å². The summed E-state index contributed by atoms with van der Waals surface area (Å²) in [5.41, 5.74) is 2.17. The van der Waals surface area contributed by atoms with E-state index >= 15 is 0 Å². The third-order valence-corrected chi connectivity index (χ3v) is 8.25. The van der Waals surface area contributed by atoms with E-state index in [-0.39, 0.29) is 23.4 Å². The molecule has 0 aliphatic heterocycles. The number of aryl methyl sites for hydroxylation is 1.